The van der Waals surface area contributed by atoms with Crippen molar-refractivity contribution in [2.75, 3.05) is 40.9 Å². The van der Waals surface area contributed by atoms with E-state index < -0.39 is 5.60 Å². The SMILES string of the molecule is COCCNC(=NCC(=O)N(C)C)NC1CC2CCC(C1)N2C(=O)OC(C)(C)C.I. The Hall–Kier alpha value is -1.30. The number of nitrogens with one attached hydrogen (secondary N) is 2. The number of ether oxygens (including phenoxy) is 2. The van der Waals surface area contributed by atoms with Crippen molar-refractivity contribution in [2.45, 2.75) is 70.2 Å². The van der Waals surface area contributed by atoms with Crippen LogP contribution in [0.1, 0.15) is 46.5 Å². The first-order valence-corrected chi connectivity index (χ1v) is 10.4. The highest BCUT2D eigenvalue weighted by molar-refractivity contribution is 14.0. The summed E-state index contributed by atoms with van der Waals surface area (Å²) in [7, 11) is 5.08. The molecule has 2 amide bonds. The number of nitrogens with zero attached hydrogens (tertiary/aromatic N) is 3. The molecule has 2 fully saturated rings. The number of fused-ring (bicyclic) bond motifs is 2. The Morgan fingerprint density at radius 2 is 1.77 bits per heavy atom. The minimum Gasteiger partial charge on any atom is -0.444 e. The summed E-state index contributed by atoms with van der Waals surface area (Å²) in [5.74, 6) is 0.546. The number of carbonyl (C=O) groups is 2. The van der Waals surface area contributed by atoms with Gasteiger partial charge in [0.25, 0.3) is 0 Å². The average molecular weight is 539 g/mol. The van der Waals surface area contributed by atoms with Gasteiger partial charge in [-0.2, -0.15) is 0 Å². The quantitative estimate of drug-likeness (QED) is 0.232. The number of guanidine groups is 1. The Labute approximate surface area is 197 Å². The van der Waals surface area contributed by atoms with Crippen LogP contribution in [0.3, 0.4) is 0 Å². The highest BCUT2D eigenvalue weighted by atomic mass is 127. The fourth-order valence-electron chi connectivity index (χ4n) is 3.81. The molecule has 2 rings (SSSR count). The molecule has 10 heteroatoms. The van der Waals surface area contributed by atoms with E-state index in [-0.39, 0.29) is 60.6 Å². The maximum absolute atomic E-state index is 12.6. The van der Waals surface area contributed by atoms with Gasteiger partial charge < -0.3 is 29.9 Å². The Morgan fingerprint density at radius 3 is 2.27 bits per heavy atom. The molecule has 30 heavy (non-hydrogen) atoms. The molecule has 2 heterocycles. The first-order chi connectivity index (χ1) is 13.6. The number of aliphatic imine (C=N–C) groups is 1. The van der Waals surface area contributed by atoms with Gasteiger partial charge in [0, 0.05) is 45.9 Å². The molecule has 9 nitrogen and oxygen atoms in total. The number of halogens is 1. The monoisotopic (exact) mass is 539 g/mol. The number of hydrogen-bond donors (Lipinski definition) is 2. The molecular formula is C20H38IN5O4. The van der Waals surface area contributed by atoms with E-state index in [4.69, 9.17) is 9.47 Å². The van der Waals surface area contributed by atoms with Crippen LogP contribution in [-0.4, -0.2) is 92.4 Å². The van der Waals surface area contributed by atoms with E-state index in [1.54, 1.807) is 21.2 Å². The van der Waals surface area contributed by atoms with E-state index in [0.29, 0.717) is 19.1 Å². The van der Waals surface area contributed by atoms with Crippen molar-refractivity contribution in [1.29, 1.82) is 0 Å². The van der Waals surface area contributed by atoms with Gasteiger partial charge in [-0.15, -0.1) is 24.0 Å². The van der Waals surface area contributed by atoms with Gasteiger partial charge in [-0.1, -0.05) is 0 Å². The molecule has 0 aliphatic carbocycles. The molecule has 2 atom stereocenters. The van der Waals surface area contributed by atoms with Crippen LogP contribution in [0.4, 0.5) is 4.79 Å². The van der Waals surface area contributed by atoms with E-state index in [9.17, 15) is 9.59 Å². The van der Waals surface area contributed by atoms with Gasteiger partial charge in [-0.25, -0.2) is 9.79 Å². The van der Waals surface area contributed by atoms with Crippen molar-refractivity contribution < 1.29 is 19.1 Å². The zero-order valence-corrected chi connectivity index (χ0v) is 21.4. The molecular weight excluding hydrogens is 501 g/mol. The first kappa shape index (κ1) is 26.7. The molecule has 2 saturated heterocycles. The van der Waals surface area contributed by atoms with Crippen LogP contribution in [0, 0.1) is 0 Å². The number of methoxy groups -OCH3 is 1. The van der Waals surface area contributed by atoms with Crippen molar-refractivity contribution in [3.8, 4) is 0 Å². The van der Waals surface area contributed by atoms with E-state index in [2.05, 4.69) is 15.6 Å². The maximum Gasteiger partial charge on any atom is 0.410 e. The van der Waals surface area contributed by atoms with Crippen molar-refractivity contribution in [1.82, 2.24) is 20.4 Å². The van der Waals surface area contributed by atoms with Gasteiger partial charge in [-0.3, -0.25) is 4.79 Å². The van der Waals surface area contributed by atoms with Gasteiger partial charge in [0.05, 0.1) is 6.61 Å². The van der Waals surface area contributed by atoms with Gasteiger partial charge in [0.15, 0.2) is 5.96 Å². The Kier molecular flexibility index (Phi) is 10.6. The molecule has 2 aliphatic heterocycles. The number of rotatable bonds is 6. The number of amides is 2. The summed E-state index contributed by atoms with van der Waals surface area (Å²) in [6.45, 7) is 6.91. The highest BCUT2D eigenvalue weighted by Gasteiger charge is 2.45. The second-order valence-electron chi connectivity index (χ2n) is 8.96. The Balaban J connectivity index is 0.00000450. The number of piperidine rings is 1. The van der Waals surface area contributed by atoms with Crippen LogP contribution >= 0.6 is 24.0 Å². The first-order valence-electron chi connectivity index (χ1n) is 10.4. The third-order valence-corrected chi connectivity index (χ3v) is 5.15. The van der Waals surface area contributed by atoms with Gasteiger partial charge >= 0.3 is 6.09 Å². The normalized spacial score (nSPS) is 23.5. The molecule has 0 radical (unpaired) electrons. The fourth-order valence-corrected chi connectivity index (χ4v) is 3.81. The van der Waals surface area contributed by atoms with Gasteiger partial charge in [0.2, 0.25) is 5.91 Å². The van der Waals surface area contributed by atoms with Crippen molar-refractivity contribution >= 4 is 41.9 Å². The lowest BCUT2D eigenvalue weighted by Gasteiger charge is -2.40. The third kappa shape index (κ3) is 8.09. The number of carbonyl (C=O) groups excluding carboxylic acids is 2. The standard InChI is InChI=1S/C20H37N5O4.HI/c1-20(2,3)29-19(27)25-15-7-8-16(25)12-14(11-15)23-18(21-9-10-28-6)22-13-17(26)24(4)5;/h14-16H,7-13H2,1-6H3,(H2,21,22,23);1H. The molecule has 2 N–H and O–H groups in total. The molecule has 2 bridgehead atoms. The van der Waals surface area contributed by atoms with E-state index in [1.165, 1.54) is 4.90 Å². The summed E-state index contributed by atoms with van der Waals surface area (Å²) in [5, 5.41) is 6.67. The minimum absolute atomic E-state index is 0. The van der Waals surface area contributed by atoms with Crippen LogP contribution in [0.2, 0.25) is 0 Å². The smallest absolute Gasteiger partial charge is 0.410 e. The van der Waals surface area contributed by atoms with Crippen LogP contribution in [-0.2, 0) is 14.3 Å². The summed E-state index contributed by atoms with van der Waals surface area (Å²) in [5.41, 5.74) is -0.490. The van der Waals surface area contributed by atoms with Crippen LogP contribution in [0.5, 0.6) is 0 Å². The summed E-state index contributed by atoms with van der Waals surface area (Å²) >= 11 is 0. The fraction of sp³-hybridized carbons (Fsp3) is 0.850. The maximum atomic E-state index is 12.6. The van der Waals surface area contributed by atoms with Crippen LogP contribution in [0.25, 0.3) is 0 Å². The minimum atomic E-state index is -0.490. The van der Waals surface area contributed by atoms with Crippen LogP contribution in [0.15, 0.2) is 4.99 Å². The van der Waals surface area contributed by atoms with E-state index >= 15 is 0 Å². The van der Waals surface area contributed by atoms with Gasteiger partial charge in [0.1, 0.15) is 12.1 Å². The van der Waals surface area contributed by atoms with Crippen molar-refractivity contribution in [2.24, 2.45) is 4.99 Å². The van der Waals surface area contributed by atoms with E-state index in [0.717, 1.165) is 25.7 Å². The lowest BCUT2D eigenvalue weighted by atomic mass is 9.98. The second kappa shape index (κ2) is 11.9. The molecule has 2 aliphatic rings. The summed E-state index contributed by atoms with van der Waals surface area (Å²) in [6.07, 6.45) is 3.44. The molecule has 0 aromatic rings. The third-order valence-electron chi connectivity index (χ3n) is 5.15. The number of hydrogen-bond acceptors (Lipinski definition) is 5. The largest absolute Gasteiger partial charge is 0.444 e. The molecule has 0 aromatic heterocycles. The number of likely N-dealkylation sites (N-methyl/N-ethyl adjacent to an activating group) is 1. The molecule has 0 aromatic carbocycles. The zero-order valence-electron chi connectivity index (χ0n) is 19.1. The van der Waals surface area contributed by atoms with Gasteiger partial charge in [-0.05, 0) is 46.5 Å². The summed E-state index contributed by atoms with van der Waals surface area (Å²) < 4.78 is 10.7. The average Bonchev–Trinajstić information content (AvgIpc) is 2.89. The van der Waals surface area contributed by atoms with Crippen LogP contribution < -0.4 is 10.6 Å². The van der Waals surface area contributed by atoms with Crippen molar-refractivity contribution in [3.63, 3.8) is 0 Å². The topological polar surface area (TPSA) is 95.5 Å². The second-order valence-corrected chi connectivity index (χ2v) is 8.96. The molecule has 0 spiro atoms. The lowest BCUT2D eigenvalue weighted by Crippen LogP contribution is -2.55. The molecule has 174 valence electrons. The predicted octanol–water partition coefficient (Wildman–Crippen LogP) is 1.80. The zero-order chi connectivity index (χ0) is 21.6. The molecule has 2 unspecified atom stereocenters. The summed E-state index contributed by atoms with van der Waals surface area (Å²) in [6, 6.07) is 0.531. The van der Waals surface area contributed by atoms with Crippen molar-refractivity contribution in [3.05, 3.63) is 0 Å². The predicted molar refractivity (Wildman–Crippen MR) is 127 cm³/mol. The lowest BCUT2D eigenvalue weighted by molar-refractivity contribution is -0.127. The Bertz CT molecular complexity index is 594. The highest BCUT2D eigenvalue weighted by Crippen LogP contribution is 2.36. The summed E-state index contributed by atoms with van der Waals surface area (Å²) in [4.78, 5) is 32.4. The van der Waals surface area contributed by atoms with E-state index in [1.807, 2.05) is 25.7 Å². The Morgan fingerprint density at radius 1 is 1.17 bits per heavy atom. The molecule has 0 saturated carbocycles.